The van der Waals surface area contributed by atoms with E-state index in [-0.39, 0.29) is 11.8 Å². The Morgan fingerprint density at radius 1 is 1.09 bits per heavy atom. The highest BCUT2D eigenvalue weighted by Gasteiger charge is 2.06. The molecule has 1 N–H and O–H groups in total. The minimum absolute atomic E-state index is 0.0125. The molecular weight excluding hydrogens is 296 g/mol. The summed E-state index contributed by atoms with van der Waals surface area (Å²) in [7, 11) is 4.12. The van der Waals surface area contributed by atoms with Crippen LogP contribution in [-0.2, 0) is 17.9 Å². The average molecular weight is 317 g/mol. The first-order chi connectivity index (χ1) is 10.6. The van der Waals surface area contributed by atoms with Gasteiger partial charge in [-0.1, -0.05) is 48.5 Å². The zero-order valence-corrected chi connectivity index (χ0v) is 13.7. The van der Waals surface area contributed by atoms with Gasteiger partial charge in [-0.05, 0) is 36.3 Å². The van der Waals surface area contributed by atoms with E-state index in [1.165, 1.54) is 5.56 Å². The minimum atomic E-state index is -0.155. The fraction of sp³-hybridized carbons (Fsp3) is 0.278. The second-order valence-corrected chi connectivity index (χ2v) is 5.77. The lowest BCUT2D eigenvalue weighted by atomic mass is 9.98. The van der Waals surface area contributed by atoms with Gasteiger partial charge in [0.1, 0.15) is 5.88 Å². The molecule has 1 amide bonds. The molecule has 0 aliphatic carbocycles. The fourth-order valence-corrected chi connectivity index (χ4v) is 2.45. The number of carbonyl (C=O) groups is 1. The standard InChI is InChI=1S/C18H21ClN2O/c1-21(2)13-14-7-9-15(10-8-14)17-6-4-3-5-16(17)12-20-18(22)11-19/h3-10H,11-13H2,1-2H3,(H,20,22). The number of rotatable bonds is 6. The second-order valence-electron chi connectivity index (χ2n) is 5.50. The molecule has 0 heterocycles. The molecule has 0 unspecified atom stereocenters. The highest BCUT2D eigenvalue weighted by atomic mass is 35.5. The fourth-order valence-electron chi connectivity index (χ4n) is 2.35. The van der Waals surface area contributed by atoms with Crippen molar-refractivity contribution in [1.29, 1.82) is 0 Å². The molecule has 0 saturated carbocycles. The highest BCUT2D eigenvalue weighted by molar-refractivity contribution is 6.27. The molecule has 2 aromatic carbocycles. The van der Waals surface area contributed by atoms with Gasteiger partial charge in [0.25, 0.3) is 0 Å². The monoisotopic (exact) mass is 316 g/mol. The number of alkyl halides is 1. The van der Waals surface area contributed by atoms with Crippen LogP contribution >= 0.6 is 11.6 Å². The number of benzene rings is 2. The van der Waals surface area contributed by atoms with Crippen LogP contribution in [0, 0.1) is 0 Å². The third-order valence-corrected chi connectivity index (χ3v) is 3.62. The Bertz CT molecular complexity index is 623. The summed E-state index contributed by atoms with van der Waals surface area (Å²) >= 11 is 5.52. The summed E-state index contributed by atoms with van der Waals surface area (Å²) in [5.41, 5.74) is 4.65. The number of nitrogens with one attached hydrogen (secondary N) is 1. The van der Waals surface area contributed by atoms with Crippen molar-refractivity contribution in [3.8, 4) is 11.1 Å². The quantitative estimate of drug-likeness (QED) is 0.830. The predicted molar refractivity (Wildman–Crippen MR) is 91.8 cm³/mol. The summed E-state index contributed by atoms with van der Waals surface area (Å²) in [4.78, 5) is 13.5. The second kappa shape index (κ2) is 7.97. The van der Waals surface area contributed by atoms with Gasteiger partial charge in [-0.3, -0.25) is 4.79 Å². The SMILES string of the molecule is CN(C)Cc1ccc(-c2ccccc2CNC(=O)CCl)cc1. The molecule has 2 aromatic rings. The summed E-state index contributed by atoms with van der Waals surface area (Å²) in [5.74, 6) is -0.167. The van der Waals surface area contributed by atoms with E-state index in [4.69, 9.17) is 11.6 Å². The summed E-state index contributed by atoms with van der Waals surface area (Å²) in [6.45, 7) is 1.41. The summed E-state index contributed by atoms with van der Waals surface area (Å²) in [5, 5.41) is 2.82. The third-order valence-electron chi connectivity index (χ3n) is 3.38. The molecule has 2 rings (SSSR count). The summed E-state index contributed by atoms with van der Waals surface area (Å²) in [6.07, 6.45) is 0. The third kappa shape index (κ3) is 4.58. The Morgan fingerprint density at radius 3 is 2.41 bits per heavy atom. The van der Waals surface area contributed by atoms with Crippen LogP contribution in [0.3, 0.4) is 0 Å². The van der Waals surface area contributed by atoms with E-state index in [9.17, 15) is 4.79 Å². The first-order valence-electron chi connectivity index (χ1n) is 7.24. The minimum Gasteiger partial charge on any atom is -0.351 e. The molecule has 0 radical (unpaired) electrons. The number of halogens is 1. The van der Waals surface area contributed by atoms with E-state index in [0.717, 1.165) is 23.2 Å². The van der Waals surface area contributed by atoms with E-state index < -0.39 is 0 Å². The lowest BCUT2D eigenvalue weighted by Gasteiger charge is -2.13. The smallest absolute Gasteiger partial charge is 0.235 e. The molecule has 3 nitrogen and oxygen atoms in total. The van der Waals surface area contributed by atoms with Crippen molar-refractivity contribution in [2.24, 2.45) is 0 Å². The molecule has 0 spiro atoms. The molecule has 116 valence electrons. The maximum absolute atomic E-state index is 11.3. The summed E-state index contributed by atoms with van der Waals surface area (Å²) in [6, 6.07) is 16.6. The van der Waals surface area contributed by atoms with E-state index in [2.05, 4.69) is 54.6 Å². The van der Waals surface area contributed by atoms with Crippen LogP contribution < -0.4 is 5.32 Å². The largest absolute Gasteiger partial charge is 0.351 e. The van der Waals surface area contributed by atoms with Crippen molar-refractivity contribution in [1.82, 2.24) is 10.2 Å². The molecule has 0 fully saturated rings. The molecule has 4 heteroatoms. The Balaban J connectivity index is 2.19. The lowest BCUT2D eigenvalue weighted by molar-refractivity contribution is -0.118. The van der Waals surface area contributed by atoms with Gasteiger partial charge in [0.15, 0.2) is 0 Å². The van der Waals surface area contributed by atoms with Crippen LogP contribution in [0.1, 0.15) is 11.1 Å². The van der Waals surface area contributed by atoms with Gasteiger partial charge in [0, 0.05) is 13.1 Å². The van der Waals surface area contributed by atoms with Gasteiger partial charge >= 0.3 is 0 Å². The van der Waals surface area contributed by atoms with Gasteiger partial charge in [-0.2, -0.15) is 0 Å². The molecular formula is C18H21ClN2O. The molecule has 0 bridgehead atoms. The van der Waals surface area contributed by atoms with Gasteiger partial charge < -0.3 is 10.2 Å². The number of nitrogens with zero attached hydrogens (tertiary/aromatic N) is 1. The van der Waals surface area contributed by atoms with Crippen LogP contribution in [0.15, 0.2) is 48.5 Å². The Morgan fingerprint density at radius 2 is 1.77 bits per heavy atom. The molecule has 0 aromatic heterocycles. The molecule has 0 atom stereocenters. The van der Waals surface area contributed by atoms with Crippen molar-refractivity contribution >= 4 is 17.5 Å². The first kappa shape index (κ1) is 16.5. The van der Waals surface area contributed by atoms with E-state index >= 15 is 0 Å². The summed E-state index contributed by atoms with van der Waals surface area (Å²) < 4.78 is 0. The van der Waals surface area contributed by atoms with Crippen LogP contribution in [0.25, 0.3) is 11.1 Å². The zero-order valence-electron chi connectivity index (χ0n) is 13.0. The number of amides is 1. The van der Waals surface area contributed by atoms with E-state index in [1.54, 1.807) is 0 Å². The Kier molecular flexibility index (Phi) is 5.99. The van der Waals surface area contributed by atoms with Crippen LogP contribution in [0.4, 0.5) is 0 Å². The van der Waals surface area contributed by atoms with E-state index in [1.807, 2.05) is 18.2 Å². The van der Waals surface area contributed by atoms with Gasteiger partial charge in [0.05, 0.1) is 0 Å². The molecule has 0 saturated heterocycles. The first-order valence-corrected chi connectivity index (χ1v) is 7.78. The lowest BCUT2D eigenvalue weighted by Crippen LogP contribution is -2.23. The topological polar surface area (TPSA) is 32.3 Å². The van der Waals surface area contributed by atoms with Crippen molar-refractivity contribution in [2.75, 3.05) is 20.0 Å². The molecule has 22 heavy (non-hydrogen) atoms. The van der Waals surface area contributed by atoms with Gasteiger partial charge in [-0.25, -0.2) is 0 Å². The van der Waals surface area contributed by atoms with Gasteiger partial charge in [-0.15, -0.1) is 11.6 Å². The number of hydrogen-bond donors (Lipinski definition) is 1. The van der Waals surface area contributed by atoms with Crippen molar-refractivity contribution in [2.45, 2.75) is 13.1 Å². The average Bonchev–Trinajstić information content (AvgIpc) is 2.53. The number of carbonyl (C=O) groups excluding carboxylic acids is 1. The van der Waals surface area contributed by atoms with E-state index in [0.29, 0.717) is 6.54 Å². The maximum atomic E-state index is 11.3. The van der Waals surface area contributed by atoms with Crippen molar-refractivity contribution in [3.05, 3.63) is 59.7 Å². The zero-order chi connectivity index (χ0) is 15.9. The van der Waals surface area contributed by atoms with Crippen molar-refractivity contribution in [3.63, 3.8) is 0 Å². The molecule has 0 aliphatic heterocycles. The predicted octanol–water partition coefficient (Wildman–Crippen LogP) is 3.27. The number of hydrogen-bond acceptors (Lipinski definition) is 2. The Labute approximate surface area is 136 Å². The van der Waals surface area contributed by atoms with Gasteiger partial charge in [0.2, 0.25) is 5.91 Å². The maximum Gasteiger partial charge on any atom is 0.235 e. The van der Waals surface area contributed by atoms with Crippen LogP contribution in [0.2, 0.25) is 0 Å². The normalized spacial score (nSPS) is 10.7. The van der Waals surface area contributed by atoms with Crippen LogP contribution in [0.5, 0.6) is 0 Å². The van der Waals surface area contributed by atoms with Crippen molar-refractivity contribution < 1.29 is 4.79 Å². The highest BCUT2D eigenvalue weighted by Crippen LogP contribution is 2.24. The van der Waals surface area contributed by atoms with Crippen LogP contribution in [-0.4, -0.2) is 30.8 Å². The Hall–Kier alpha value is -1.84. The molecule has 0 aliphatic rings.